The SMILES string of the molecule is O=C(Cn1nnnc1-c1ccsc1)N1CCC(Cc2ccccc2)CC1. The Morgan fingerprint density at radius 2 is 1.96 bits per heavy atom. The van der Waals surface area contributed by atoms with Gasteiger partial charge in [0.15, 0.2) is 5.82 Å². The minimum absolute atomic E-state index is 0.0898. The van der Waals surface area contributed by atoms with E-state index in [1.165, 1.54) is 5.56 Å². The number of hydrogen-bond acceptors (Lipinski definition) is 5. The van der Waals surface area contributed by atoms with E-state index in [0.29, 0.717) is 11.7 Å². The monoisotopic (exact) mass is 367 g/mol. The summed E-state index contributed by atoms with van der Waals surface area (Å²) in [6, 6.07) is 12.6. The number of benzene rings is 1. The Morgan fingerprint density at radius 3 is 2.69 bits per heavy atom. The zero-order valence-corrected chi connectivity index (χ0v) is 15.3. The lowest BCUT2D eigenvalue weighted by Gasteiger charge is -2.32. The second-order valence-corrected chi connectivity index (χ2v) is 7.47. The van der Waals surface area contributed by atoms with E-state index in [4.69, 9.17) is 0 Å². The van der Waals surface area contributed by atoms with Crippen LogP contribution in [0.25, 0.3) is 11.4 Å². The molecule has 1 amide bonds. The van der Waals surface area contributed by atoms with Crippen molar-refractivity contribution in [2.24, 2.45) is 5.92 Å². The molecule has 1 aliphatic heterocycles. The molecule has 0 radical (unpaired) electrons. The zero-order valence-electron chi connectivity index (χ0n) is 14.5. The molecule has 0 spiro atoms. The van der Waals surface area contributed by atoms with Crippen molar-refractivity contribution in [3.05, 3.63) is 52.7 Å². The van der Waals surface area contributed by atoms with Crippen LogP contribution in [0.15, 0.2) is 47.2 Å². The molecule has 1 aromatic carbocycles. The molecule has 0 atom stereocenters. The van der Waals surface area contributed by atoms with Gasteiger partial charge in [-0.3, -0.25) is 4.79 Å². The molecule has 0 saturated carbocycles. The highest BCUT2D eigenvalue weighted by Gasteiger charge is 2.24. The van der Waals surface area contributed by atoms with Gasteiger partial charge in [0.1, 0.15) is 6.54 Å². The van der Waals surface area contributed by atoms with Gasteiger partial charge < -0.3 is 4.90 Å². The molecular formula is C19H21N5OS. The highest BCUT2D eigenvalue weighted by Crippen LogP contribution is 2.23. The van der Waals surface area contributed by atoms with Crippen LogP contribution in [0.5, 0.6) is 0 Å². The fourth-order valence-corrected chi connectivity index (χ4v) is 4.11. The second kappa shape index (κ2) is 7.78. The Bertz CT molecular complexity index is 838. The molecule has 26 heavy (non-hydrogen) atoms. The maximum Gasteiger partial charge on any atom is 0.244 e. The van der Waals surface area contributed by atoms with Crippen LogP contribution in [0.4, 0.5) is 0 Å². The summed E-state index contributed by atoms with van der Waals surface area (Å²) in [6.45, 7) is 1.82. The number of nitrogens with zero attached hydrogens (tertiary/aromatic N) is 5. The summed E-state index contributed by atoms with van der Waals surface area (Å²) in [5.74, 6) is 1.39. The van der Waals surface area contributed by atoms with E-state index >= 15 is 0 Å². The lowest BCUT2D eigenvalue weighted by atomic mass is 9.90. The average Bonchev–Trinajstić information content (AvgIpc) is 3.34. The topological polar surface area (TPSA) is 63.9 Å². The highest BCUT2D eigenvalue weighted by molar-refractivity contribution is 7.08. The van der Waals surface area contributed by atoms with Crippen LogP contribution < -0.4 is 0 Å². The third-order valence-electron chi connectivity index (χ3n) is 4.93. The van der Waals surface area contributed by atoms with Crippen molar-refractivity contribution in [2.45, 2.75) is 25.8 Å². The molecule has 3 heterocycles. The maximum absolute atomic E-state index is 12.7. The minimum Gasteiger partial charge on any atom is -0.341 e. The Labute approximate surface area is 156 Å². The van der Waals surface area contributed by atoms with Crippen molar-refractivity contribution in [1.29, 1.82) is 0 Å². The smallest absolute Gasteiger partial charge is 0.244 e. The Hall–Kier alpha value is -2.54. The van der Waals surface area contributed by atoms with E-state index in [2.05, 4.69) is 39.8 Å². The molecule has 0 bridgehead atoms. The molecule has 2 aromatic heterocycles. The van der Waals surface area contributed by atoms with Crippen molar-refractivity contribution < 1.29 is 4.79 Å². The summed E-state index contributed by atoms with van der Waals surface area (Å²) >= 11 is 1.59. The predicted octanol–water partition coefficient (Wildman–Crippen LogP) is 2.88. The van der Waals surface area contributed by atoms with Crippen molar-refractivity contribution in [3.8, 4) is 11.4 Å². The standard InChI is InChI=1S/C19H21N5OS/c25-18(13-24-19(20-21-22-24)17-8-11-26-14-17)23-9-6-16(7-10-23)12-15-4-2-1-3-5-15/h1-5,8,11,14,16H,6-7,9-10,12-13H2. The van der Waals surface area contributed by atoms with E-state index in [0.717, 1.165) is 37.9 Å². The summed E-state index contributed by atoms with van der Waals surface area (Å²) in [7, 11) is 0. The van der Waals surface area contributed by atoms with Crippen molar-refractivity contribution in [2.75, 3.05) is 13.1 Å². The number of carbonyl (C=O) groups is 1. The van der Waals surface area contributed by atoms with Crippen molar-refractivity contribution in [3.63, 3.8) is 0 Å². The molecule has 0 unspecified atom stereocenters. The molecule has 1 fully saturated rings. The van der Waals surface area contributed by atoms with Gasteiger partial charge in [-0.25, -0.2) is 4.68 Å². The van der Waals surface area contributed by atoms with Crippen LogP contribution in [0.2, 0.25) is 0 Å². The summed E-state index contributed by atoms with van der Waals surface area (Å²) in [5, 5.41) is 15.7. The molecule has 3 aromatic rings. The first-order valence-electron chi connectivity index (χ1n) is 8.90. The molecule has 134 valence electrons. The molecule has 1 aliphatic rings. The molecule has 6 nitrogen and oxygen atoms in total. The number of aromatic nitrogens is 4. The Kier molecular flexibility index (Phi) is 5.06. The lowest BCUT2D eigenvalue weighted by Crippen LogP contribution is -2.40. The number of likely N-dealkylation sites (tertiary alicyclic amines) is 1. The summed E-state index contributed by atoms with van der Waals surface area (Å²) < 4.78 is 1.60. The number of hydrogen-bond donors (Lipinski definition) is 0. The van der Waals surface area contributed by atoms with Crippen molar-refractivity contribution in [1.82, 2.24) is 25.1 Å². The van der Waals surface area contributed by atoms with Gasteiger partial charge in [-0.05, 0) is 52.6 Å². The zero-order chi connectivity index (χ0) is 17.8. The van der Waals surface area contributed by atoms with Crippen LogP contribution in [0.3, 0.4) is 0 Å². The first-order valence-corrected chi connectivity index (χ1v) is 9.84. The summed E-state index contributed by atoms with van der Waals surface area (Å²) in [4.78, 5) is 14.6. The Morgan fingerprint density at radius 1 is 1.15 bits per heavy atom. The van der Waals surface area contributed by atoms with Crippen LogP contribution in [0.1, 0.15) is 18.4 Å². The largest absolute Gasteiger partial charge is 0.341 e. The van der Waals surface area contributed by atoms with Gasteiger partial charge in [0.05, 0.1) is 0 Å². The second-order valence-electron chi connectivity index (χ2n) is 6.69. The van der Waals surface area contributed by atoms with Gasteiger partial charge in [-0.2, -0.15) is 11.3 Å². The lowest BCUT2D eigenvalue weighted by molar-refractivity contribution is -0.133. The van der Waals surface area contributed by atoms with Crippen molar-refractivity contribution >= 4 is 17.2 Å². The predicted molar refractivity (Wildman–Crippen MR) is 101 cm³/mol. The number of amides is 1. The highest BCUT2D eigenvalue weighted by atomic mass is 32.1. The van der Waals surface area contributed by atoms with Gasteiger partial charge in [0.2, 0.25) is 5.91 Å². The van der Waals surface area contributed by atoms with Gasteiger partial charge >= 0.3 is 0 Å². The van der Waals surface area contributed by atoms with E-state index in [9.17, 15) is 4.79 Å². The van der Waals surface area contributed by atoms with Crippen LogP contribution >= 0.6 is 11.3 Å². The first-order chi connectivity index (χ1) is 12.8. The molecule has 1 saturated heterocycles. The number of carbonyl (C=O) groups excluding carboxylic acids is 1. The van der Waals surface area contributed by atoms with Gasteiger partial charge in [-0.1, -0.05) is 30.3 Å². The van der Waals surface area contributed by atoms with E-state index in [-0.39, 0.29) is 12.5 Å². The fraction of sp³-hybridized carbons (Fsp3) is 0.368. The quantitative estimate of drug-likeness (QED) is 0.696. The van der Waals surface area contributed by atoms with Crippen LogP contribution in [0, 0.1) is 5.92 Å². The van der Waals surface area contributed by atoms with Gasteiger partial charge in [0.25, 0.3) is 0 Å². The average molecular weight is 367 g/mol. The summed E-state index contributed by atoms with van der Waals surface area (Å²) in [6.07, 6.45) is 3.19. The normalized spacial score (nSPS) is 15.3. The minimum atomic E-state index is 0.0898. The molecule has 4 rings (SSSR count). The number of rotatable bonds is 5. The molecular weight excluding hydrogens is 346 g/mol. The summed E-state index contributed by atoms with van der Waals surface area (Å²) in [5.41, 5.74) is 2.33. The van der Waals surface area contributed by atoms with Gasteiger partial charge in [0, 0.05) is 24.0 Å². The number of thiophene rings is 1. The third-order valence-corrected chi connectivity index (χ3v) is 5.61. The Balaban J connectivity index is 1.32. The number of tetrazole rings is 1. The third kappa shape index (κ3) is 3.83. The van der Waals surface area contributed by atoms with Gasteiger partial charge in [-0.15, -0.1) is 5.10 Å². The van der Waals surface area contributed by atoms with Crippen LogP contribution in [-0.4, -0.2) is 44.1 Å². The first kappa shape index (κ1) is 16.9. The van der Waals surface area contributed by atoms with Crippen LogP contribution in [-0.2, 0) is 17.8 Å². The number of piperidine rings is 1. The maximum atomic E-state index is 12.7. The van der Waals surface area contributed by atoms with E-state index < -0.39 is 0 Å². The van der Waals surface area contributed by atoms with E-state index in [1.54, 1.807) is 16.0 Å². The molecule has 0 aliphatic carbocycles. The molecule has 7 heteroatoms. The fourth-order valence-electron chi connectivity index (χ4n) is 3.47. The molecule has 0 N–H and O–H groups in total. The van der Waals surface area contributed by atoms with E-state index in [1.807, 2.05) is 27.8 Å².